The van der Waals surface area contributed by atoms with Gasteiger partial charge in [0.15, 0.2) is 0 Å². The fourth-order valence-electron chi connectivity index (χ4n) is 2.98. The Kier molecular flexibility index (Phi) is 6.32. The van der Waals surface area contributed by atoms with Crippen LogP contribution in [0.2, 0.25) is 0 Å². The molecule has 8 nitrogen and oxygen atoms in total. The average Bonchev–Trinajstić information content (AvgIpc) is 2.73. The molecular formula is C19H22N4O4. The van der Waals surface area contributed by atoms with E-state index in [0.717, 1.165) is 11.3 Å². The van der Waals surface area contributed by atoms with Crippen LogP contribution in [0, 0.1) is 0 Å². The molecule has 1 unspecified atom stereocenters. The molecule has 0 saturated carbocycles. The largest absolute Gasteiger partial charge is 0.496 e. The van der Waals surface area contributed by atoms with Crippen LogP contribution in [0.4, 0.5) is 0 Å². The number of ether oxygens (including phenoxy) is 2. The van der Waals surface area contributed by atoms with E-state index >= 15 is 0 Å². The Bertz CT molecular complexity index is 784. The highest BCUT2D eigenvalue weighted by atomic mass is 16.5. The van der Waals surface area contributed by atoms with E-state index in [1.807, 2.05) is 24.3 Å². The Morgan fingerprint density at radius 2 is 2.19 bits per heavy atom. The topological polar surface area (TPSA) is 93.7 Å². The lowest BCUT2D eigenvalue weighted by atomic mass is 10.1. The average molecular weight is 370 g/mol. The van der Waals surface area contributed by atoms with E-state index in [1.54, 1.807) is 12.0 Å². The number of rotatable bonds is 6. The van der Waals surface area contributed by atoms with E-state index in [-0.39, 0.29) is 30.0 Å². The van der Waals surface area contributed by atoms with Crippen molar-refractivity contribution in [1.29, 1.82) is 0 Å². The Morgan fingerprint density at radius 1 is 1.33 bits per heavy atom. The fraction of sp³-hybridized carbons (Fsp3) is 0.368. The van der Waals surface area contributed by atoms with Crippen LogP contribution in [-0.4, -0.2) is 59.6 Å². The molecule has 27 heavy (non-hydrogen) atoms. The predicted octanol–water partition coefficient (Wildman–Crippen LogP) is 1.03. The number of benzene rings is 1. The number of carbonyl (C=O) groups excluding carboxylic acids is 2. The van der Waals surface area contributed by atoms with Gasteiger partial charge in [0.1, 0.15) is 11.4 Å². The Morgan fingerprint density at radius 3 is 2.96 bits per heavy atom. The van der Waals surface area contributed by atoms with Gasteiger partial charge in [-0.25, -0.2) is 4.98 Å². The summed E-state index contributed by atoms with van der Waals surface area (Å²) >= 11 is 0. The monoisotopic (exact) mass is 370 g/mol. The van der Waals surface area contributed by atoms with Crippen LogP contribution in [0.3, 0.4) is 0 Å². The Labute approximate surface area is 157 Å². The summed E-state index contributed by atoms with van der Waals surface area (Å²) in [5, 5.41) is 2.88. The highest BCUT2D eigenvalue weighted by molar-refractivity contribution is 5.92. The molecule has 2 amide bonds. The molecule has 2 aromatic rings. The minimum absolute atomic E-state index is 0.154. The molecule has 0 radical (unpaired) electrons. The second-order valence-electron chi connectivity index (χ2n) is 6.11. The van der Waals surface area contributed by atoms with E-state index in [4.69, 9.17) is 9.47 Å². The van der Waals surface area contributed by atoms with Gasteiger partial charge in [-0.2, -0.15) is 0 Å². The molecule has 0 aliphatic carbocycles. The number of hydrogen-bond donors (Lipinski definition) is 1. The van der Waals surface area contributed by atoms with Gasteiger partial charge in [0.05, 0.1) is 32.6 Å². The van der Waals surface area contributed by atoms with E-state index < -0.39 is 0 Å². The molecule has 0 spiro atoms. The number of nitrogens with one attached hydrogen (secondary N) is 1. The van der Waals surface area contributed by atoms with E-state index in [1.165, 1.54) is 18.6 Å². The van der Waals surface area contributed by atoms with Crippen LogP contribution in [0.15, 0.2) is 42.9 Å². The summed E-state index contributed by atoms with van der Waals surface area (Å²) in [7, 11) is 1.59. The molecule has 8 heteroatoms. The van der Waals surface area contributed by atoms with Crippen LogP contribution in [0.5, 0.6) is 5.75 Å². The quantitative estimate of drug-likeness (QED) is 0.816. The number of nitrogens with zero attached hydrogens (tertiary/aromatic N) is 3. The maximum atomic E-state index is 12.7. The first-order valence-corrected chi connectivity index (χ1v) is 8.72. The summed E-state index contributed by atoms with van der Waals surface area (Å²) < 4.78 is 10.8. The minimum atomic E-state index is -0.342. The van der Waals surface area contributed by atoms with Crippen molar-refractivity contribution in [3.8, 4) is 5.75 Å². The second-order valence-corrected chi connectivity index (χ2v) is 6.11. The highest BCUT2D eigenvalue weighted by Gasteiger charge is 2.30. The Balaban J connectivity index is 1.60. The zero-order chi connectivity index (χ0) is 19.1. The lowest BCUT2D eigenvalue weighted by Crippen LogP contribution is -2.50. The van der Waals surface area contributed by atoms with Crippen LogP contribution in [0.1, 0.15) is 22.5 Å². The second kappa shape index (κ2) is 9.09. The van der Waals surface area contributed by atoms with Crippen molar-refractivity contribution in [2.24, 2.45) is 0 Å². The van der Waals surface area contributed by atoms with Crippen molar-refractivity contribution in [3.63, 3.8) is 0 Å². The zero-order valence-electron chi connectivity index (χ0n) is 15.1. The number of amides is 2. The summed E-state index contributed by atoms with van der Waals surface area (Å²) in [5.74, 6) is 0.320. The van der Waals surface area contributed by atoms with E-state index in [9.17, 15) is 9.59 Å². The fourth-order valence-corrected chi connectivity index (χ4v) is 2.98. The van der Waals surface area contributed by atoms with E-state index in [0.29, 0.717) is 26.3 Å². The smallest absolute Gasteiger partial charge is 0.274 e. The molecule has 142 valence electrons. The molecular weight excluding hydrogens is 348 g/mol. The van der Waals surface area contributed by atoms with Gasteiger partial charge in [-0.05, 0) is 6.07 Å². The van der Waals surface area contributed by atoms with Gasteiger partial charge < -0.3 is 19.7 Å². The van der Waals surface area contributed by atoms with Crippen molar-refractivity contribution in [2.75, 3.05) is 26.9 Å². The van der Waals surface area contributed by atoms with Gasteiger partial charge in [0, 0.05) is 37.5 Å². The first-order chi connectivity index (χ1) is 13.2. The van der Waals surface area contributed by atoms with Crippen LogP contribution in [-0.2, 0) is 16.1 Å². The van der Waals surface area contributed by atoms with Gasteiger partial charge in [-0.1, -0.05) is 18.2 Å². The Hall–Kier alpha value is -3.00. The molecule has 1 aromatic carbocycles. The third-order valence-corrected chi connectivity index (χ3v) is 4.36. The lowest BCUT2D eigenvalue weighted by molar-refractivity contribution is -0.123. The minimum Gasteiger partial charge on any atom is -0.496 e. The molecule has 0 bridgehead atoms. The van der Waals surface area contributed by atoms with Gasteiger partial charge in [-0.3, -0.25) is 14.6 Å². The number of methoxy groups -OCH3 is 1. The molecule has 1 atom stereocenters. The molecule has 2 heterocycles. The van der Waals surface area contributed by atoms with Crippen LogP contribution in [0.25, 0.3) is 0 Å². The van der Waals surface area contributed by atoms with Crippen molar-refractivity contribution in [1.82, 2.24) is 20.2 Å². The maximum absolute atomic E-state index is 12.7. The SMILES string of the molecule is COc1ccccc1CNC(=O)CC1COCCN1C(=O)c1cnccn1. The third kappa shape index (κ3) is 4.79. The van der Waals surface area contributed by atoms with Gasteiger partial charge in [0.25, 0.3) is 5.91 Å². The summed E-state index contributed by atoms with van der Waals surface area (Å²) in [6.07, 6.45) is 4.57. The third-order valence-electron chi connectivity index (χ3n) is 4.36. The summed E-state index contributed by atoms with van der Waals surface area (Å²) in [5.41, 5.74) is 1.15. The number of hydrogen-bond acceptors (Lipinski definition) is 6. The number of carbonyl (C=O) groups is 2. The first kappa shape index (κ1) is 18.8. The van der Waals surface area contributed by atoms with Crippen LogP contribution >= 0.6 is 0 Å². The van der Waals surface area contributed by atoms with Crippen molar-refractivity contribution < 1.29 is 19.1 Å². The normalized spacial score (nSPS) is 16.6. The van der Waals surface area contributed by atoms with E-state index in [2.05, 4.69) is 15.3 Å². The first-order valence-electron chi connectivity index (χ1n) is 8.72. The van der Waals surface area contributed by atoms with Crippen LogP contribution < -0.4 is 10.1 Å². The molecule has 1 aromatic heterocycles. The van der Waals surface area contributed by atoms with Gasteiger partial charge >= 0.3 is 0 Å². The summed E-state index contributed by atoms with van der Waals surface area (Å²) in [4.78, 5) is 34.7. The van der Waals surface area contributed by atoms with Gasteiger partial charge in [0.2, 0.25) is 5.91 Å². The van der Waals surface area contributed by atoms with Gasteiger partial charge in [-0.15, -0.1) is 0 Å². The molecule has 1 aliphatic rings. The summed E-state index contributed by atoms with van der Waals surface area (Å²) in [6.45, 7) is 1.52. The van der Waals surface area contributed by atoms with Crippen molar-refractivity contribution in [2.45, 2.75) is 19.0 Å². The van der Waals surface area contributed by atoms with Crippen molar-refractivity contribution >= 4 is 11.8 Å². The molecule has 1 fully saturated rings. The maximum Gasteiger partial charge on any atom is 0.274 e. The number of morpholine rings is 1. The predicted molar refractivity (Wildman–Crippen MR) is 97.1 cm³/mol. The lowest BCUT2D eigenvalue weighted by Gasteiger charge is -2.35. The highest BCUT2D eigenvalue weighted by Crippen LogP contribution is 2.17. The molecule has 1 saturated heterocycles. The molecule has 1 N–H and O–H groups in total. The zero-order valence-corrected chi connectivity index (χ0v) is 15.1. The van der Waals surface area contributed by atoms with Crippen molar-refractivity contribution in [3.05, 3.63) is 54.1 Å². The molecule has 1 aliphatic heterocycles. The summed E-state index contributed by atoms with van der Waals surface area (Å²) in [6, 6.07) is 7.16. The number of aromatic nitrogens is 2. The molecule has 3 rings (SSSR count). The standard InChI is InChI=1S/C19H22N4O4/c1-26-17-5-3-2-4-14(17)11-22-18(24)10-15-13-27-9-8-23(15)19(25)16-12-20-6-7-21-16/h2-7,12,15H,8-11,13H2,1H3,(H,22,24). The number of para-hydroxylation sites is 1.